The summed E-state index contributed by atoms with van der Waals surface area (Å²) in [5.41, 5.74) is 5.99. The van der Waals surface area contributed by atoms with Gasteiger partial charge in [-0.25, -0.2) is 9.78 Å². The number of nitrogens with zero attached hydrogens (tertiary/aromatic N) is 1. The molecule has 0 saturated heterocycles. The lowest BCUT2D eigenvalue weighted by Crippen LogP contribution is -2.36. The van der Waals surface area contributed by atoms with Crippen molar-refractivity contribution in [2.24, 2.45) is 5.73 Å². The van der Waals surface area contributed by atoms with E-state index in [0.29, 0.717) is 10.7 Å². The minimum absolute atomic E-state index is 0.192. The average Bonchev–Trinajstić information content (AvgIpc) is 2.23. The van der Waals surface area contributed by atoms with Crippen molar-refractivity contribution in [2.75, 3.05) is 6.54 Å². The third-order valence-corrected chi connectivity index (χ3v) is 2.62. The maximum Gasteiger partial charge on any atom is 0.407 e. The van der Waals surface area contributed by atoms with Gasteiger partial charge in [0.15, 0.2) is 0 Å². The van der Waals surface area contributed by atoms with Crippen LogP contribution in [0.5, 0.6) is 0 Å². The Morgan fingerprint density at radius 2 is 2.11 bits per heavy atom. The van der Waals surface area contributed by atoms with E-state index in [2.05, 4.69) is 10.3 Å². The van der Waals surface area contributed by atoms with E-state index >= 15 is 0 Å². The number of rotatable bonds is 3. The number of ether oxygens (including phenoxy) is 1. The summed E-state index contributed by atoms with van der Waals surface area (Å²) in [6.07, 6.45) is -0.527. The highest BCUT2D eigenvalue weighted by atomic mass is 35.5. The van der Waals surface area contributed by atoms with Crippen molar-refractivity contribution < 1.29 is 9.53 Å². The topological polar surface area (TPSA) is 77.2 Å². The number of carbonyl (C=O) groups is 1. The van der Waals surface area contributed by atoms with Crippen LogP contribution in [0.3, 0.4) is 0 Å². The molecule has 0 aliphatic rings. The molecule has 0 aromatic carbocycles. The van der Waals surface area contributed by atoms with Crippen LogP contribution in [-0.2, 0) is 4.74 Å². The minimum Gasteiger partial charge on any atom is -0.444 e. The van der Waals surface area contributed by atoms with Crippen molar-refractivity contribution >= 4 is 29.3 Å². The lowest BCUT2D eigenvalue weighted by atomic mass is 10.1. The molecule has 1 heterocycles. The number of nitrogens with two attached hydrogens (primary N) is 1. The summed E-state index contributed by atoms with van der Waals surface area (Å²) in [5, 5.41) is 3.09. The highest BCUT2D eigenvalue weighted by Crippen LogP contribution is 2.21. The molecule has 0 fully saturated rings. The molecule has 0 aliphatic carbocycles. The second-order valence-electron chi connectivity index (χ2n) is 5.00. The van der Waals surface area contributed by atoms with Gasteiger partial charge in [0.1, 0.15) is 15.9 Å². The minimum atomic E-state index is -0.548. The number of hydrogen-bond acceptors (Lipinski definition) is 4. The highest BCUT2D eigenvalue weighted by Gasteiger charge is 2.18. The summed E-state index contributed by atoms with van der Waals surface area (Å²) in [4.78, 5) is 15.4. The molecule has 1 unspecified atom stereocenters. The number of halogens is 2. The Hall–Kier alpha value is -1.04. The Labute approximate surface area is 122 Å². The molecule has 1 amide bonds. The first-order valence-corrected chi connectivity index (χ1v) is 6.49. The maximum absolute atomic E-state index is 11.5. The fraction of sp³-hybridized carbons (Fsp3) is 0.500. The molecule has 7 heteroatoms. The smallest absolute Gasteiger partial charge is 0.407 e. The van der Waals surface area contributed by atoms with Gasteiger partial charge in [-0.15, -0.1) is 0 Å². The fourth-order valence-corrected chi connectivity index (χ4v) is 1.80. The Kier molecular flexibility index (Phi) is 5.40. The van der Waals surface area contributed by atoms with Crippen molar-refractivity contribution in [3.05, 3.63) is 28.0 Å². The Bertz CT molecular complexity index is 461. The Morgan fingerprint density at radius 3 is 2.63 bits per heavy atom. The zero-order chi connectivity index (χ0) is 14.6. The zero-order valence-electron chi connectivity index (χ0n) is 11.0. The van der Waals surface area contributed by atoms with Gasteiger partial charge in [0.2, 0.25) is 0 Å². The summed E-state index contributed by atoms with van der Waals surface area (Å²) in [5.74, 6) is 0. The van der Waals surface area contributed by atoms with Crippen LogP contribution in [0.1, 0.15) is 32.4 Å². The molecular weight excluding hydrogens is 289 g/mol. The largest absolute Gasteiger partial charge is 0.444 e. The molecule has 1 aromatic rings. The zero-order valence-corrected chi connectivity index (χ0v) is 12.5. The van der Waals surface area contributed by atoms with E-state index in [0.717, 1.165) is 0 Å². The van der Waals surface area contributed by atoms with Gasteiger partial charge < -0.3 is 15.8 Å². The molecular formula is C12H17Cl2N3O2. The van der Waals surface area contributed by atoms with E-state index in [1.54, 1.807) is 32.9 Å². The molecule has 1 aromatic heterocycles. The van der Waals surface area contributed by atoms with Crippen LogP contribution in [0.2, 0.25) is 10.3 Å². The molecule has 1 rings (SSSR count). The SMILES string of the molecule is CC(C)(C)OC(=O)NCC(N)c1ccc(Cl)nc1Cl. The van der Waals surface area contributed by atoms with Crippen LogP contribution < -0.4 is 11.1 Å². The van der Waals surface area contributed by atoms with Crippen LogP contribution in [0.4, 0.5) is 4.79 Å². The lowest BCUT2D eigenvalue weighted by molar-refractivity contribution is 0.0524. The summed E-state index contributed by atoms with van der Waals surface area (Å²) in [7, 11) is 0. The van der Waals surface area contributed by atoms with Crippen molar-refractivity contribution in [3.63, 3.8) is 0 Å². The number of pyridine rings is 1. The Morgan fingerprint density at radius 1 is 1.47 bits per heavy atom. The van der Waals surface area contributed by atoms with Gasteiger partial charge in [-0.3, -0.25) is 0 Å². The predicted molar refractivity (Wildman–Crippen MR) is 75.4 cm³/mol. The van der Waals surface area contributed by atoms with Gasteiger partial charge >= 0.3 is 6.09 Å². The van der Waals surface area contributed by atoms with Crippen LogP contribution in [0.15, 0.2) is 12.1 Å². The second-order valence-corrected chi connectivity index (χ2v) is 5.75. The number of alkyl carbamates (subject to hydrolysis) is 1. The summed E-state index contributed by atoms with van der Waals surface area (Å²) >= 11 is 11.6. The summed E-state index contributed by atoms with van der Waals surface area (Å²) < 4.78 is 5.10. The van der Waals surface area contributed by atoms with Crippen molar-refractivity contribution in [1.29, 1.82) is 0 Å². The number of hydrogen-bond donors (Lipinski definition) is 2. The van der Waals surface area contributed by atoms with Crippen LogP contribution in [0.25, 0.3) is 0 Å². The van der Waals surface area contributed by atoms with Crippen LogP contribution in [-0.4, -0.2) is 23.2 Å². The van der Waals surface area contributed by atoms with Crippen LogP contribution >= 0.6 is 23.2 Å². The van der Waals surface area contributed by atoms with E-state index < -0.39 is 17.7 Å². The quantitative estimate of drug-likeness (QED) is 0.842. The fourth-order valence-electron chi connectivity index (χ4n) is 1.32. The first-order chi connectivity index (χ1) is 8.69. The average molecular weight is 306 g/mol. The molecule has 0 aliphatic heterocycles. The molecule has 0 radical (unpaired) electrons. The normalized spacial score (nSPS) is 12.9. The number of amides is 1. The molecule has 106 valence electrons. The van der Waals surface area contributed by atoms with E-state index in [-0.39, 0.29) is 11.7 Å². The second kappa shape index (κ2) is 6.41. The van der Waals surface area contributed by atoms with Gasteiger partial charge in [-0.1, -0.05) is 29.3 Å². The van der Waals surface area contributed by atoms with Crippen molar-refractivity contribution in [1.82, 2.24) is 10.3 Å². The summed E-state index contributed by atoms with van der Waals surface area (Å²) in [6, 6.07) is 2.79. The lowest BCUT2D eigenvalue weighted by Gasteiger charge is -2.21. The molecule has 19 heavy (non-hydrogen) atoms. The molecule has 0 saturated carbocycles. The van der Waals surface area contributed by atoms with Gasteiger partial charge in [-0.05, 0) is 26.8 Å². The Balaban J connectivity index is 2.56. The molecule has 3 N–H and O–H groups in total. The van der Waals surface area contributed by atoms with E-state index in [1.165, 1.54) is 0 Å². The molecule has 0 spiro atoms. The van der Waals surface area contributed by atoms with Crippen molar-refractivity contribution in [3.8, 4) is 0 Å². The van der Waals surface area contributed by atoms with E-state index in [9.17, 15) is 4.79 Å². The van der Waals surface area contributed by atoms with Gasteiger partial charge in [-0.2, -0.15) is 0 Å². The van der Waals surface area contributed by atoms with Crippen LogP contribution in [0, 0.1) is 0 Å². The van der Waals surface area contributed by atoms with Gasteiger partial charge in [0.25, 0.3) is 0 Å². The monoisotopic (exact) mass is 305 g/mol. The number of aromatic nitrogens is 1. The highest BCUT2D eigenvalue weighted by molar-refractivity contribution is 6.32. The standard InChI is InChI=1S/C12H17Cl2N3O2/c1-12(2,3)19-11(18)16-6-8(15)7-4-5-9(13)17-10(7)14/h4-5,8H,6,15H2,1-3H3,(H,16,18). The van der Waals surface area contributed by atoms with Crippen molar-refractivity contribution in [2.45, 2.75) is 32.4 Å². The number of nitrogens with one attached hydrogen (secondary N) is 1. The van der Waals surface area contributed by atoms with Gasteiger partial charge in [0, 0.05) is 12.1 Å². The predicted octanol–water partition coefficient (Wildman–Crippen LogP) is 2.91. The first-order valence-electron chi connectivity index (χ1n) is 5.73. The van der Waals surface area contributed by atoms with Gasteiger partial charge in [0.05, 0.1) is 6.04 Å². The molecule has 1 atom stereocenters. The van der Waals surface area contributed by atoms with E-state index in [1.807, 2.05) is 0 Å². The summed E-state index contributed by atoms with van der Waals surface area (Å²) in [6.45, 7) is 5.55. The maximum atomic E-state index is 11.5. The van der Waals surface area contributed by atoms with E-state index in [4.69, 9.17) is 33.7 Å². The molecule has 0 bridgehead atoms. The third kappa shape index (κ3) is 5.63. The first kappa shape index (κ1) is 16.0. The molecule has 5 nitrogen and oxygen atoms in total. The number of carbonyl (C=O) groups excluding carboxylic acids is 1. The third-order valence-electron chi connectivity index (χ3n) is 2.11.